The molecule has 1 aromatic rings. The lowest BCUT2D eigenvalue weighted by molar-refractivity contribution is -0.147. The van der Waals surface area contributed by atoms with E-state index in [1.54, 1.807) is 6.92 Å². The molecule has 1 N–H and O–H groups in total. The van der Waals surface area contributed by atoms with Crippen LogP contribution in [0.25, 0.3) is 0 Å². The van der Waals surface area contributed by atoms with Gasteiger partial charge in [-0.2, -0.15) is 13.2 Å². The van der Waals surface area contributed by atoms with Gasteiger partial charge in [0, 0.05) is 0 Å². The van der Waals surface area contributed by atoms with E-state index in [4.69, 9.17) is 4.74 Å². The number of hydrogen-bond acceptors (Lipinski definition) is 3. The van der Waals surface area contributed by atoms with Crippen LogP contribution in [-0.2, 0) is 15.7 Å². The van der Waals surface area contributed by atoms with Gasteiger partial charge in [-0.1, -0.05) is 18.2 Å². The van der Waals surface area contributed by atoms with Gasteiger partial charge in [0.15, 0.2) is 0 Å². The van der Waals surface area contributed by atoms with Crippen LogP contribution in [-0.4, -0.2) is 19.1 Å². The average Bonchev–Trinajstić information content (AvgIpc) is 3.23. The molecular weight excluding hydrogens is 283 g/mol. The number of ether oxygens (including phenoxy) is 1. The summed E-state index contributed by atoms with van der Waals surface area (Å²) < 4.78 is 44.2. The van der Waals surface area contributed by atoms with Crippen LogP contribution in [0.3, 0.4) is 0 Å². The maximum absolute atomic E-state index is 13.1. The summed E-state index contributed by atoms with van der Waals surface area (Å²) in [4.78, 5) is 12.0. The summed E-state index contributed by atoms with van der Waals surface area (Å²) in [5, 5.41) is 2.92. The first-order chi connectivity index (χ1) is 9.93. The molecule has 1 aliphatic carbocycles. The topological polar surface area (TPSA) is 38.3 Å². The molecule has 0 bridgehead atoms. The van der Waals surface area contributed by atoms with Crippen molar-refractivity contribution in [2.24, 2.45) is 5.92 Å². The first kappa shape index (κ1) is 15.8. The Kier molecular flexibility index (Phi) is 4.88. The van der Waals surface area contributed by atoms with Gasteiger partial charge >= 0.3 is 12.1 Å². The Morgan fingerprint density at radius 2 is 2.05 bits per heavy atom. The maximum atomic E-state index is 13.1. The lowest BCUT2D eigenvalue weighted by Crippen LogP contribution is -2.33. The van der Waals surface area contributed by atoms with Crippen LogP contribution in [0.1, 0.15) is 36.9 Å². The number of carbonyl (C=O) groups is 1. The lowest BCUT2D eigenvalue weighted by Gasteiger charge is -2.21. The molecule has 0 radical (unpaired) electrons. The quantitative estimate of drug-likeness (QED) is 0.819. The van der Waals surface area contributed by atoms with E-state index in [1.165, 1.54) is 18.2 Å². The maximum Gasteiger partial charge on any atom is 0.416 e. The van der Waals surface area contributed by atoms with Crippen LogP contribution in [0.15, 0.2) is 24.3 Å². The molecule has 0 saturated heterocycles. The molecule has 1 atom stereocenters. The molecule has 21 heavy (non-hydrogen) atoms. The van der Waals surface area contributed by atoms with E-state index in [1.807, 2.05) is 0 Å². The van der Waals surface area contributed by atoms with E-state index in [0.717, 1.165) is 18.9 Å². The average molecular weight is 301 g/mol. The van der Waals surface area contributed by atoms with Gasteiger partial charge in [-0.15, -0.1) is 0 Å². The third-order valence-electron chi connectivity index (χ3n) is 3.41. The molecule has 0 aromatic heterocycles. The van der Waals surface area contributed by atoms with Gasteiger partial charge in [-0.25, -0.2) is 4.79 Å². The highest BCUT2D eigenvalue weighted by atomic mass is 19.4. The highest BCUT2D eigenvalue weighted by Gasteiger charge is 2.37. The summed E-state index contributed by atoms with van der Waals surface area (Å²) in [5.41, 5.74) is -0.879. The molecule has 3 nitrogen and oxygen atoms in total. The predicted molar refractivity (Wildman–Crippen MR) is 71.5 cm³/mol. The van der Waals surface area contributed by atoms with Gasteiger partial charge in [-0.3, -0.25) is 0 Å². The summed E-state index contributed by atoms with van der Waals surface area (Å²) in [6.45, 7) is 2.29. The Balaban J connectivity index is 2.28. The van der Waals surface area contributed by atoms with E-state index in [-0.39, 0.29) is 12.2 Å². The molecule has 0 heterocycles. The van der Waals surface area contributed by atoms with Crippen molar-refractivity contribution in [3.8, 4) is 0 Å². The van der Waals surface area contributed by atoms with Crippen molar-refractivity contribution in [1.82, 2.24) is 5.32 Å². The van der Waals surface area contributed by atoms with Gasteiger partial charge in [0.25, 0.3) is 0 Å². The zero-order valence-electron chi connectivity index (χ0n) is 11.7. The highest BCUT2D eigenvalue weighted by molar-refractivity contribution is 5.78. The number of carbonyl (C=O) groups excluding carboxylic acids is 1. The van der Waals surface area contributed by atoms with Gasteiger partial charge < -0.3 is 10.1 Å². The third kappa shape index (κ3) is 4.20. The van der Waals surface area contributed by atoms with Crippen LogP contribution in [0.4, 0.5) is 13.2 Å². The largest absolute Gasteiger partial charge is 0.465 e. The van der Waals surface area contributed by atoms with Crippen molar-refractivity contribution in [2.45, 2.75) is 32.0 Å². The smallest absolute Gasteiger partial charge is 0.416 e. The molecule has 2 rings (SSSR count). The second kappa shape index (κ2) is 6.47. The van der Waals surface area contributed by atoms with Crippen LogP contribution in [0.5, 0.6) is 0 Å². The minimum absolute atomic E-state index is 0.0795. The normalized spacial score (nSPS) is 16.6. The van der Waals surface area contributed by atoms with E-state index >= 15 is 0 Å². The Hall–Kier alpha value is -1.56. The number of rotatable bonds is 6. The van der Waals surface area contributed by atoms with Gasteiger partial charge in [-0.05, 0) is 43.9 Å². The molecule has 0 spiro atoms. The second-order valence-corrected chi connectivity index (χ2v) is 5.12. The highest BCUT2D eigenvalue weighted by Crippen LogP contribution is 2.35. The minimum Gasteiger partial charge on any atom is -0.465 e. The first-order valence-corrected chi connectivity index (χ1v) is 6.99. The van der Waals surface area contributed by atoms with Gasteiger partial charge in [0.2, 0.25) is 0 Å². The third-order valence-corrected chi connectivity index (χ3v) is 3.41. The standard InChI is InChI=1S/C15H18F3NO2/c1-2-21-14(20)13(19-9-10-7-8-10)11-5-3-4-6-12(11)15(16,17)18/h3-6,10,13,19H,2,7-9H2,1H3. The van der Waals surface area contributed by atoms with Crippen molar-refractivity contribution >= 4 is 5.97 Å². The molecule has 0 aliphatic heterocycles. The molecule has 1 aromatic carbocycles. The van der Waals surface area contributed by atoms with Gasteiger partial charge in [0.1, 0.15) is 6.04 Å². The number of esters is 1. The fraction of sp³-hybridized carbons (Fsp3) is 0.533. The van der Waals surface area contributed by atoms with Crippen LogP contribution < -0.4 is 5.32 Å². The summed E-state index contributed by atoms with van der Waals surface area (Å²) >= 11 is 0. The second-order valence-electron chi connectivity index (χ2n) is 5.12. The molecule has 1 saturated carbocycles. The molecule has 1 fully saturated rings. The Labute approximate surface area is 121 Å². The monoisotopic (exact) mass is 301 g/mol. The van der Waals surface area contributed by atoms with E-state index in [2.05, 4.69) is 5.32 Å². The Bertz CT molecular complexity index is 498. The molecule has 116 valence electrons. The van der Waals surface area contributed by atoms with E-state index < -0.39 is 23.8 Å². The first-order valence-electron chi connectivity index (χ1n) is 6.99. The SMILES string of the molecule is CCOC(=O)C(NCC1CC1)c1ccccc1C(F)(F)F. The van der Waals surface area contributed by atoms with E-state index in [9.17, 15) is 18.0 Å². The van der Waals surface area contributed by atoms with Crippen LogP contribution >= 0.6 is 0 Å². The molecule has 1 unspecified atom stereocenters. The van der Waals surface area contributed by atoms with Crippen molar-refractivity contribution in [3.05, 3.63) is 35.4 Å². The fourth-order valence-electron chi connectivity index (χ4n) is 2.16. The molecule has 6 heteroatoms. The Morgan fingerprint density at radius 3 is 2.62 bits per heavy atom. The lowest BCUT2D eigenvalue weighted by atomic mass is 9.99. The number of benzene rings is 1. The zero-order chi connectivity index (χ0) is 15.5. The number of halogens is 3. The Morgan fingerprint density at radius 1 is 1.38 bits per heavy atom. The summed E-state index contributed by atoms with van der Waals surface area (Å²) in [6.07, 6.45) is -2.41. The number of alkyl halides is 3. The minimum atomic E-state index is -4.50. The van der Waals surface area contributed by atoms with Crippen molar-refractivity contribution in [3.63, 3.8) is 0 Å². The van der Waals surface area contributed by atoms with Crippen molar-refractivity contribution in [1.29, 1.82) is 0 Å². The summed E-state index contributed by atoms with van der Waals surface area (Å²) in [7, 11) is 0. The van der Waals surface area contributed by atoms with Gasteiger partial charge in [0.05, 0.1) is 12.2 Å². The molecule has 0 amide bonds. The van der Waals surface area contributed by atoms with Crippen LogP contribution in [0, 0.1) is 5.92 Å². The van der Waals surface area contributed by atoms with Crippen molar-refractivity contribution in [2.75, 3.05) is 13.2 Å². The molecular formula is C15H18F3NO2. The number of hydrogen-bond donors (Lipinski definition) is 1. The zero-order valence-corrected chi connectivity index (χ0v) is 11.7. The molecule has 1 aliphatic rings. The fourth-order valence-corrected chi connectivity index (χ4v) is 2.16. The van der Waals surface area contributed by atoms with Crippen LogP contribution in [0.2, 0.25) is 0 Å². The summed E-state index contributed by atoms with van der Waals surface area (Å²) in [5.74, 6) is -0.227. The summed E-state index contributed by atoms with van der Waals surface area (Å²) in [6, 6.07) is 4.04. The predicted octanol–water partition coefficient (Wildman–Crippen LogP) is 3.31. The van der Waals surface area contributed by atoms with Crippen molar-refractivity contribution < 1.29 is 22.7 Å². The number of nitrogens with one attached hydrogen (secondary N) is 1. The van der Waals surface area contributed by atoms with E-state index in [0.29, 0.717) is 12.5 Å².